The van der Waals surface area contributed by atoms with E-state index in [0.29, 0.717) is 10.4 Å². The maximum Gasteiger partial charge on any atom is 0.279 e. The van der Waals surface area contributed by atoms with E-state index in [0.717, 1.165) is 40.5 Å². The molecule has 1 aliphatic heterocycles. The third kappa shape index (κ3) is 3.19. The van der Waals surface area contributed by atoms with Crippen molar-refractivity contribution in [1.82, 2.24) is 4.57 Å². The van der Waals surface area contributed by atoms with E-state index in [2.05, 4.69) is 23.7 Å². The Morgan fingerprint density at radius 1 is 1.15 bits per heavy atom. The lowest BCUT2D eigenvalue weighted by atomic mass is 10.2. The standard InChI is InChI=1S/C20H21N3O3S/c1-4-23(5-2)14-8-6-13(7-9-14)19(24)21-20-22(3)15-10-16-17(26-12-25-16)11-18(15)27-20/h6-11H,4-5,12H2,1-3H3. The summed E-state index contributed by atoms with van der Waals surface area (Å²) in [4.78, 5) is 19.8. The van der Waals surface area contributed by atoms with Gasteiger partial charge in [0.2, 0.25) is 6.79 Å². The highest BCUT2D eigenvalue weighted by Crippen LogP contribution is 2.36. The van der Waals surface area contributed by atoms with Gasteiger partial charge in [-0.1, -0.05) is 11.3 Å². The Kier molecular flexibility index (Phi) is 4.61. The van der Waals surface area contributed by atoms with Gasteiger partial charge in [-0.25, -0.2) is 0 Å². The lowest BCUT2D eigenvalue weighted by Gasteiger charge is -2.20. The number of carbonyl (C=O) groups excluding carboxylic acids is 1. The molecule has 6 nitrogen and oxygen atoms in total. The van der Waals surface area contributed by atoms with Gasteiger partial charge in [0.05, 0.1) is 10.2 Å². The monoisotopic (exact) mass is 383 g/mol. The van der Waals surface area contributed by atoms with Gasteiger partial charge in [0.15, 0.2) is 16.3 Å². The van der Waals surface area contributed by atoms with Gasteiger partial charge < -0.3 is 18.9 Å². The Morgan fingerprint density at radius 2 is 1.81 bits per heavy atom. The molecule has 0 fully saturated rings. The number of aryl methyl sites for hydroxylation is 1. The summed E-state index contributed by atoms with van der Waals surface area (Å²) >= 11 is 1.46. The van der Waals surface area contributed by atoms with Gasteiger partial charge in [0.25, 0.3) is 5.91 Å². The smallest absolute Gasteiger partial charge is 0.279 e. The number of fused-ring (bicyclic) bond motifs is 2. The van der Waals surface area contributed by atoms with Gasteiger partial charge in [-0.2, -0.15) is 4.99 Å². The number of anilines is 1. The summed E-state index contributed by atoms with van der Waals surface area (Å²) in [6, 6.07) is 11.5. The fraction of sp³-hybridized carbons (Fsp3) is 0.300. The molecule has 1 aromatic heterocycles. The van der Waals surface area contributed by atoms with Crippen LogP contribution >= 0.6 is 11.3 Å². The first-order valence-corrected chi connectivity index (χ1v) is 9.75. The Bertz CT molecular complexity index is 1060. The van der Waals surface area contributed by atoms with Crippen molar-refractivity contribution in [3.8, 4) is 11.5 Å². The Hall–Kier alpha value is -2.80. The average Bonchev–Trinajstić information content (AvgIpc) is 3.26. The van der Waals surface area contributed by atoms with E-state index in [1.807, 2.05) is 48.0 Å². The number of amides is 1. The van der Waals surface area contributed by atoms with Gasteiger partial charge in [0.1, 0.15) is 0 Å². The van der Waals surface area contributed by atoms with Crippen molar-refractivity contribution < 1.29 is 14.3 Å². The van der Waals surface area contributed by atoms with Crippen LogP contribution in [0, 0.1) is 0 Å². The van der Waals surface area contributed by atoms with Crippen LogP contribution in [0.15, 0.2) is 41.4 Å². The van der Waals surface area contributed by atoms with Crippen LogP contribution < -0.4 is 19.2 Å². The normalized spacial score (nSPS) is 13.4. The molecule has 0 saturated carbocycles. The van der Waals surface area contributed by atoms with E-state index in [-0.39, 0.29) is 12.7 Å². The molecule has 0 atom stereocenters. The van der Waals surface area contributed by atoms with Crippen LogP contribution in [-0.4, -0.2) is 30.4 Å². The molecular formula is C20H21N3O3S. The van der Waals surface area contributed by atoms with Gasteiger partial charge in [0, 0.05) is 43.5 Å². The zero-order valence-corrected chi connectivity index (χ0v) is 16.4. The maximum atomic E-state index is 12.6. The van der Waals surface area contributed by atoms with Crippen LogP contribution in [-0.2, 0) is 7.05 Å². The Balaban J connectivity index is 1.67. The summed E-state index contributed by atoms with van der Waals surface area (Å²) in [6.45, 7) is 6.35. The summed E-state index contributed by atoms with van der Waals surface area (Å²) in [5.41, 5.74) is 2.66. The zero-order valence-electron chi connectivity index (χ0n) is 15.6. The van der Waals surface area contributed by atoms with E-state index in [9.17, 15) is 4.79 Å². The van der Waals surface area contributed by atoms with E-state index < -0.39 is 0 Å². The van der Waals surface area contributed by atoms with Crippen molar-refractivity contribution in [2.24, 2.45) is 12.0 Å². The van der Waals surface area contributed by atoms with E-state index in [1.54, 1.807) is 0 Å². The topological polar surface area (TPSA) is 56.1 Å². The van der Waals surface area contributed by atoms with Gasteiger partial charge in [-0.15, -0.1) is 0 Å². The molecule has 1 aliphatic rings. The van der Waals surface area contributed by atoms with Crippen LogP contribution in [0.2, 0.25) is 0 Å². The van der Waals surface area contributed by atoms with Crippen molar-refractivity contribution >= 4 is 33.1 Å². The summed E-state index contributed by atoms with van der Waals surface area (Å²) in [7, 11) is 1.90. The minimum atomic E-state index is -0.247. The van der Waals surface area contributed by atoms with Crippen LogP contribution in [0.3, 0.4) is 0 Å². The highest BCUT2D eigenvalue weighted by molar-refractivity contribution is 7.16. The maximum absolute atomic E-state index is 12.6. The van der Waals surface area contributed by atoms with E-state index >= 15 is 0 Å². The molecule has 7 heteroatoms. The minimum Gasteiger partial charge on any atom is -0.454 e. The summed E-state index contributed by atoms with van der Waals surface area (Å²) in [6.07, 6.45) is 0. The Labute approximate surface area is 161 Å². The second kappa shape index (κ2) is 7.08. The molecule has 0 saturated heterocycles. The fourth-order valence-electron chi connectivity index (χ4n) is 3.18. The van der Waals surface area contributed by atoms with Gasteiger partial charge >= 0.3 is 0 Å². The number of ether oxygens (including phenoxy) is 2. The quantitative estimate of drug-likeness (QED) is 0.691. The predicted molar refractivity (Wildman–Crippen MR) is 107 cm³/mol. The molecule has 0 N–H and O–H groups in total. The molecule has 0 bridgehead atoms. The second-order valence-corrected chi connectivity index (χ2v) is 7.26. The van der Waals surface area contributed by atoms with Crippen LogP contribution in [0.1, 0.15) is 24.2 Å². The summed E-state index contributed by atoms with van der Waals surface area (Å²) in [5.74, 6) is 1.21. The lowest BCUT2D eigenvalue weighted by molar-refractivity contribution is 0.0998. The molecule has 0 unspecified atom stereocenters. The first-order valence-electron chi connectivity index (χ1n) is 8.94. The van der Waals surface area contributed by atoms with E-state index in [1.165, 1.54) is 11.3 Å². The Morgan fingerprint density at radius 3 is 2.48 bits per heavy atom. The first kappa shape index (κ1) is 17.6. The molecule has 0 radical (unpaired) electrons. The van der Waals surface area contributed by atoms with Gasteiger partial charge in [-0.05, 0) is 38.1 Å². The lowest BCUT2D eigenvalue weighted by Crippen LogP contribution is -2.21. The van der Waals surface area contributed by atoms with Crippen LogP contribution in [0.5, 0.6) is 11.5 Å². The molecule has 0 aliphatic carbocycles. The number of nitrogens with zero attached hydrogens (tertiary/aromatic N) is 3. The largest absolute Gasteiger partial charge is 0.454 e. The number of benzene rings is 2. The molecule has 27 heavy (non-hydrogen) atoms. The molecule has 4 rings (SSSR count). The first-order chi connectivity index (χ1) is 13.1. The molecular weight excluding hydrogens is 362 g/mol. The van der Waals surface area contributed by atoms with Crippen molar-refractivity contribution in [3.63, 3.8) is 0 Å². The van der Waals surface area contributed by atoms with E-state index in [4.69, 9.17) is 9.47 Å². The number of rotatable bonds is 4. The highest BCUT2D eigenvalue weighted by Gasteiger charge is 2.17. The summed E-state index contributed by atoms with van der Waals surface area (Å²) < 4.78 is 13.8. The average molecular weight is 383 g/mol. The zero-order chi connectivity index (χ0) is 19.0. The SMILES string of the molecule is CCN(CC)c1ccc(C(=O)N=c2sc3cc4c(cc3n2C)OCO4)cc1. The van der Waals surface area contributed by atoms with Crippen molar-refractivity contribution in [2.45, 2.75) is 13.8 Å². The molecule has 2 heterocycles. The van der Waals surface area contributed by atoms with Crippen LogP contribution in [0.25, 0.3) is 10.2 Å². The number of hydrogen-bond donors (Lipinski definition) is 0. The molecule has 3 aromatic rings. The third-order valence-electron chi connectivity index (χ3n) is 4.74. The van der Waals surface area contributed by atoms with Crippen molar-refractivity contribution in [3.05, 3.63) is 46.8 Å². The molecule has 0 spiro atoms. The highest BCUT2D eigenvalue weighted by atomic mass is 32.1. The predicted octanol–water partition coefficient (Wildman–Crippen LogP) is 3.56. The second-order valence-electron chi connectivity index (χ2n) is 6.25. The molecule has 140 valence electrons. The van der Waals surface area contributed by atoms with Crippen LogP contribution in [0.4, 0.5) is 5.69 Å². The number of hydrogen-bond acceptors (Lipinski definition) is 5. The minimum absolute atomic E-state index is 0.246. The molecule has 1 amide bonds. The van der Waals surface area contributed by atoms with Crippen molar-refractivity contribution in [1.29, 1.82) is 0 Å². The number of aromatic nitrogens is 1. The third-order valence-corrected chi connectivity index (χ3v) is 5.84. The fourth-order valence-corrected chi connectivity index (χ4v) is 4.21. The van der Waals surface area contributed by atoms with Crippen molar-refractivity contribution in [2.75, 3.05) is 24.8 Å². The summed E-state index contributed by atoms with van der Waals surface area (Å²) in [5, 5.41) is 0. The van der Waals surface area contributed by atoms with Gasteiger partial charge in [-0.3, -0.25) is 4.79 Å². The molecule has 2 aromatic carbocycles. The number of carbonyl (C=O) groups is 1. The number of thiazole rings is 1.